The molecule has 0 bridgehead atoms. The van der Waals surface area contributed by atoms with Crippen LogP contribution in [0.4, 0.5) is 13.2 Å². The molecule has 1 nitrogen and oxygen atoms in total. The van der Waals surface area contributed by atoms with Crippen molar-refractivity contribution in [3.63, 3.8) is 0 Å². The zero-order chi connectivity index (χ0) is 9.23. The standard InChI is InChI=1S/C7H11F3O/c1-4(2)5(3)6(11)7(8,9)10/h5-6,11H,1H2,2-3H3/t5-,6-/m1/s1. The molecule has 0 aromatic carbocycles. The van der Waals surface area contributed by atoms with Crippen molar-refractivity contribution in [2.24, 2.45) is 5.92 Å². The van der Waals surface area contributed by atoms with Crippen LogP contribution in [0.5, 0.6) is 0 Å². The quantitative estimate of drug-likeness (QED) is 0.626. The maximum absolute atomic E-state index is 11.8. The van der Waals surface area contributed by atoms with E-state index >= 15 is 0 Å². The van der Waals surface area contributed by atoms with E-state index in [2.05, 4.69) is 6.58 Å². The average Bonchev–Trinajstić information content (AvgIpc) is 1.82. The molecule has 0 amide bonds. The topological polar surface area (TPSA) is 20.2 Å². The lowest BCUT2D eigenvalue weighted by Gasteiger charge is -2.21. The van der Waals surface area contributed by atoms with Gasteiger partial charge in [0.2, 0.25) is 0 Å². The van der Waals surface area contributed by atoms with Gasteiger partial charge in [-0.25, -0.2) is 0 Å². The van der Waals surface area contributed by atoms with Crippen molar-refractivity contribution in [3.05, 3.63) is 12.2 Å². The first-order valence-corrected chi connectivity index (χ1v) is 3.17. The molecular formula is C7H11F3O. The number of rotatable bonds is 2. The minimum Gasteiger partial charge on any atom is -0.383 e. The molecule has 4 heteroatoms. The Morgan fingerprint density at radius 1 is 1.45 bits per heavy atom. The molecule has 0 aliphatic heterocycles. The predicted molar refractivity (Wildman–Crippen MR) is 36.0 cm³/mol. The van der Waals surface area contributed by atoms with Crippen LogP contribution in [0.1, 0.15) is 13.8 Å². The molecule has 0 aromatic rings. The smallest absolute Gasteiger partial charge is 0.383 e. The van der Waals surface area contributed by atoms with Crippen LogP contribution in [-0.4, -0.2) is 17.4 Å². The van der Waals surface area contributed by atoms with Gasteiger partial charge in [-0.3, -0.25) is 0 Å². The van der Waals surface area contributed by atoms with Crippen molar-refractivity contribution >= 4 is 0 Å². The van der Waals surface area contributed by atoms with Gasteiger partial charge in [0.15, 0.2) is 6.10 Å². The molecule has 0 heterocycles. The third-order valence-corrected chi connectivity index (χ3v) is 1.59. The van der Waals surface area contributed by atoms with Gasteiger partial charge in [-0.05, 0) is 6.92 Å². The number of aliphatic hydroxyl groups excluding tert-OH is 1. The molecule has 0 rings (SSSR count). The fourth-order valence-corrected chi connectivity index (χ4v) is 0.553. The Morgan fingerprint density at radius 2 is 1.82 bits per heavy atom. The average molecular weight is 168 g/mol. The molecule has 66 valence electrons. The van der Waals surface area contributed by atoms with E-state index in [4.69, 9.17) is 5.11 Å². The predicted octanol–water partition coefficient (Wildman–Crippen LogP) is 2.12. The Labute approximate surface area is 63.5 Å². The molecule has 0 fully saturated rings. The van der Waals surface area contributed by atoms with Gasteiger partial charge in [-0.1, -0.05) is 19.1 Å². The van der Waals surface area contributed by atoms with Gasteiger partial charge in [0.1, 0.15) is 0 Å². The summed E-state index contributed by atoms with van der Waals surface area (Å²) in [4.78, 5) is 0. The summed E-state index contributed by atoms with van der Waals surface area (Å²) >= 11 is 0. The summed E-state index contributed by atoms with van der Waals surface area (Å²) < 4.78 is 35.3. The molecule has 0 unspecified atom stereocenters. The summed E-state index contributed by atoms with van der Waals surface area (Å²) in [7, 11) is 0. The van der Waals surface area contributed by atoms with Crippen LogP contribution in [0.15, 0.2) is 12.2 Å². The monoisotopic (exact) mass is 168 g/mol. The lowest BCUT2D eigenvalue weighted by Crippen LogP contribution is -2.34. The van der Waals surface area contributed by atoms with E-state index in [0.717, 1.165) is 0 Å². The zero-order valence-corrected chi connectivity index (χ0v) is 6.44. The number of hydrogen-bond acceptors (Lipinski definition) is 1. The highest BCUT2D eigenvalue weighted by Crippen LogP contribution is 2.28. The largest absolute Gasteiger partial charge is 0.414 e. The Hall–Kier alpha value is -0.510. The van der Waals surface area contributed by atoms with Gasteiger partial charge >= 0.3 is 6.18 Å². The third-order valence-electron chi connectivity index (χ3n) is 1.59. The highest BCUT2D eigenvalue weighted by molar-refractivity contribution is 4.98. The van der Waals surface area contributed by atoms with E-state index < -0.39 is 18.2 Å². The molecule has 0 aliphatic rings. The molecule has 0 saturated heterocycles. The van der Waals surface area contributed by atoms with E-state index in [0.29, 0.717) is 5.57 Å². The van der Waals surface area contributed by atoms with Gasteiger partial charge in [0.25, 0.3) is 0 Å². The maximum Gasteiger partial charge on any atom is 0.414 e. The molecule has 0 spiro atoms. The molecule has 0 radical (unpaired) electrons. The van der Waals surface area contributed by atoms with Gasteiger partial charge in [0.05, 0.1) is 0 Å². The van der Waals surface area contributed by atoms with Crippen LogP contribution in [0, 0.1) is 5.92 Å². The van der Waals surface area contributed by atoms with Gasteiger partial charge in [-0.15, -0.1) is 0 Å². The molecule has 0 saturated carbocycles. The van der Waals surface area contributed by atoms with Crippen LogP contribution in [0.25, 0.3) is 0 Å². The first-order valence-electron chi connectivity index (χ1n) is 3.17. The molecule has 0 aromatic heterocycles. The summed E-state index contributed by atoms with van der Waals surface area (Å²) in [5.41, 5.74) is 0.329. The second-order valence-electron chi connectivity index (χ2n) is 2.62. The van der Waals surface area contributed by atoms with E-state index in [1.54, 1.807) is 0 Å². The fourth-order valence-electron chi connectivity index (χ4n) is 0.553. The first kappa shape index (κ1) is 10.5. The van der Waals surface area contributed by atoms with Gasteiger partial charge in [0, 0.05) is 5.92 Å². The van der Waals surface area contributed by atoms with Crippen LogP contribution in [0.3, 0.4) is 0 Å². The number of hydrogen-bond donors (Lipinski definition) is 1. The number of halogens is 3. The minimum absolute atomic E-state index is 0.329. The molecule has 1 N–H and O–H groups in total. The van der Waals surface area contributed by atoms with Gasteiger partial charge in [-0.2, -0.15) is 13.2 Å². The summed E-state index contributed by atoms with van der Waals surface area (Å²) in [6.07, 6.45) is -6.83. The summed E-state index contributed by atoms with van der Waals surface area (Å²) in [6, 6.07) is 0. The second-order valence-corrected chi connectivity index (χ2v) is 2.62. The third kappa shape index (κ3) is 2.93. The van der Waals surface area contributed by atoms with Crippen LogP contribution >= 0.6 is 0 Å². The molecule has 11 heavy (non-hydrogen) atoms. The van der Waals surface area contributed by atoms with Crippen LogP contribution in [0.2, 0.25) is 0 Å². The Balaban J connectivity index is 4.25. The number of aliphatic hydroxyl groups is 1. The minimum atomic E-state index is -4.54. The van der Waals surface area contributed by atoms with Crippen LogP contribution < -0.4 is 0 Å². The van der Waals surface area contributed by atoms with Crippen LogP contribution in [-0.2, 0) is 0 Å². The summed E-state index contributed by atoms with van der Waals surface area (Å²) in [6.45, 7) is 6.08. The molecule has 2 atom stereocenters. The second kappa shape index (κ2) is 3.26. The molecular weight excluding hydrogens is 157 g/mol. The van der Waals surface area contributed by atoms with Crippen molar-refractivity contribution in [1.82, 2.24) is 0 Å². The van der Waals surface area contributed by atoms with E-state index in [1.165, 1.54) is 13.8 Å². The molecule has 0 aliphatic carbocycles. The Kier molecular flexibility index (Phi) is 3.11. The summed E-state index contributed by atoms with van der Waals surface area (Å²) in [5, 5.41) is 8.64. The normalized spacial score (nSPS) is 17.6. The maximum atomic E-state index is 11.8. The highest BCUT2D eigenvalue weighted by atomic mass is 19.4. The lowest BCUT2D eigenvalue weighted by atomic mass is 9.97. The van der Waals surface area contributed by atoms with Crippen molar-refractivity contribution < 1.29 is 18.3 Å². The highest BCUT2D eigenvalue weighted by Gasteiger charge is 2.41. The van der Waals surface area contributed by atoms with Crippen molar-refractivity contribution in [1.29, 1.82) is 0 Å². The Bertz CT molecular complexity index is 150. The van der Waals surface area contributed by atoms with Crippen molar-refractivity contribution in [3.8, 4) is 0 Å². The van der Waals surface area contributed by atoms with E-state index in [1.807, 2.05) is 0 Å². The van der Waals surface area contributed by atoms with Crippen molar-refractivity contribution in [2.75, 3.05) is 0 Å². The van der Waals surface area contributed by atoms with Crippen molar-refractivity contribution in [2.45, 2.75) is 26.1 Å². The number of alkyl halides is 3. The lowest BCUT2D eigenvalue weighted by molar-refractivity contribution is -0.213. The van der Waals surface area contributed by atoms with E-state index in [-0.39, 0.29) is 0 Å². The Morgan fingerprint density at radius 3 is 1.91 bits per heavy atom. The fraction of sp³-hybridized carbons (Fsp3) is 0.714. The first-order chi connectivity index (χ1) is 4.76. The SMILES string of the molecule is C=C(C)[C@@H](C)[C@@H](O)C(F)(F)F. The van der Waals surface area contributed by atoms with Gasteiger partial charge < -0.3 is 5.11 Å². The zero-order valence-electron chi connectivity index (χ0n) is 6.44. The summed E-state index contributed by atoms with van der Waals surface area (Å²) in [5.74, 6) is -0.935. The van der Waals surface area contributed by atoms with E-state index in [9.17, 15) is 13.2 Å².